The van der Waals surface area contributed by atoms with Gasteiger partial charge >= 0.3 is 0 Å². The lowest BCUT2D eigenvalue weighted by Gasteiger charge is -2.04. The first kappa shape index (κ1) is 16.5. The molecule has 3 aromatic rings. The number of hydrogen-bond donors (Lipinski definition) is 0. The van der Waals surface area contributed by atoms with Crippen LogP contribution < -0.4 is 4.74 Å². The standard InChI is InChI=1S/C17H14ClNO4S/c1-12-16(19-17(23-12)13-5-3-2-4-6-13)11-22-14-7-9-15(10-8-14)24(18,20)21/h2-10H,11H2,1H3. The zero-order chi connectivity index (χ0) is 17.2. The number of oxazole rings is 1. The molecule has 0 amide bonds. The molecule has 0 aliphatic heterocycles. The highest BCUT2D eigenvalue weighted by Crippen LogP contribution is 2.23. The third-order valence-electron chi connectivity index (χ3n) is 3.39. The Morgan fingerprint density at radius 2 is 1.75 bits per heavy atom. The Morgan fingerprint density at radius 3 is 2.38 bits per heavy atom. The highest BCUT2D eigenvalue weighted by Gasteiger charge is 2.13. The van der Waals surface area contributed by atoms with Crippen LogP contribution in [0.15, 0.2) is 63.9 Å². The van der Waals surface area contributed by atoms with Gasteiger partial charge in [-0.2, -0.15) is 0 Å². The molecule has 0 aliphatic rings. The molecule has 3 rings (SSSR count). The maximum Gasteiger partial charge on any atom is 0.261 e. The van der Waals surface area contributed by atoms with Crippen LogP contribution in [0.1, 0.15) is 11.5 Å². The minimum absolute atomic E-state index is 0.0282. The van der Waals surface area contributed by atoms with Crippen molar-refractivity contribution in [2.45, 2.75) is 18.4 Å². The summed E-state index contributed by atoms with van der Waals surface area (Å²) in [6.45, 7) is 2.04. The van der Waals surface area contributed by atoms with Gasteiger partial charge in [0.25, 0.3) is 9.05 Å². The monoisotopic (exact) mass is 363 g/mol. The van der Waals surface area contributed by atoms with E-state index in [1.54, 1.807) is 12.1 Å². The summed E-state index contributed by atoms with van der Waals surface area (Å²) in [6.07, 6.45) is 0. The molecule has 5 nitrogen and oxygen atoms in total. The molecular weight excluding hydrogens is 350 g/mol. The van der Waals surface area contributed by atoms with Crippen LogP contribution in [0.2, 0.25) is 0 Å². The highest BCUT2D eigenvalue weighted by atomic mass is 35.7. The van der Waals surface area contributed by atoms with Crippen molar-refractivity contribution in [1.29, 1.82) is 0 Å². The molecule has 0 unspecified atom stereocenters. The van der Waals surface area contributed by atoms with Gasteiger partial charge in [0.2, 0.25) is 5.89 Å². The molecule has 2 aromatic carbocycles. The van der Waals surface area contributed by atoms with Gasteiger partial charge < -0.3 is 9.15 Å². The molecule has 1 aromatic heterocycles. The van der Waals surface area contributed by atoms with Gasteiger partial charge in [0.05, 0.1) is 4.90 Å². The molecule has 0 radical (unpaired) electrons. The second kappa shape index (κ2) is 6.67. The van der Waals surface area contributed by atoms with Crippen LogP contribution in [0.5, 0.6) is 5.75 Å². The Morgan fingerprint density at radius 1 is 1.08 bits per heavy atom. The van der Waals surface area contributed by atoms with Gasteiger partial charge in [-0.15, -0.1) is 0 Å². The first-order chi connectivity index (χ1) is 11.4. The topological polar surface area (TPSA) is 69.4 Å². The quantitative estimate of drug-likeness (QED) is 0.637. The van der Waals surface area contributed by atoms with E-state index >= 15 is 0 Å². The van der Waals surface area contributed by atoms with Gasteiger partial charge in [0.1, 0.15) is 23.8 Å². The Hall–Kier alpha value is -2.31. The molecule has 0 N–H and O–H groups in total. The largest absolute Gasteiger partial charge is 0.487 e. The molecule has 0 saturated heterocycles. The van der Waals surface area contributed by atoms with Crippen LogP contribution >= 0.6 is 10.7 Å². The van der Waals surface area contributed by atoms with Crippen molar-refractivity contribution in [2.75, 3.05) is 0 Å². The van der Waals surface area contributed by atoms with Gasteiger partial charge in [-0.1, -0.05) is 18.2 Å². The fourth-order valence-electron chi connectivity index (χ4n) is 2.12. The van der Waals surface area contributed by atoms with Crippen LogP contribution in [-0.2, 0) is 15.7 Å². The smallest absolute Gasteiger partial charge is 0.261 e. The Labute approximate surface area is 144 Å². The number of ether oxygens (including phenoxy) is 1. The summed E-state index contributed by atoms with van der Waals surface area (Å²) in [5.74, 6) is 1.73. The van der Waals surface area contributed by atoms with Crippen molar-refractivity contribution in [2.24, 2.45) is 0 Å². The molecule has 0 spiro atoms. The molecule has 0 fully saturated rings. The zero-order valence-electron chi connectivity index (χ0n) is 12.8. The molecule has 0 bridgehead atoms. The first-order valence-electron chi connectivity index (χ1n) is 7.13. The number of hydrogen-bond acceptors (Lipinski definition) is 5. The second-order valence-electron chi connectivity index (χ2n) is 5.09. The number of aryl methyl sites for hydroxylation is 1. The summed E-state index contributed by atoms with van der Waals surface area (Å²) >= 11 is 0. The van der Waals surface area contributed by atoms with E-state index in [0.717, 1.165) is 5.56 Å². The number of nitrogens with zero attached hydrogens (tertiary/aromatic N) is 1. The fourth-order valence-corrected chi connectivity index (χ4v) is 2.89. The van der Waals surface area contributed by atoms with Crippen molar-refractivity contribution in [3.8, 4) is 17.2 Å². The van der Waals surface area contributed by atoms with Gasteiger partial charge in [-0.05, 0) is 43.3 Å². The van der Waals surface area contributed by atoms with Gasteiger partial charge in [-0.25, -0.2) is 13.4 Å². The highest BCUT2D eigenvalue weighted by molar-refractivity contribution is 8.13. The van der Waals surface area contributed by atoms with E-state index in [-0.39, 0.29) is 11.5 Å². The van der Waals surface area contributed by atoms with Gasteiger partial charge in [0.15, 0.2) is 0 Å². The van der Waals surface area contributed by atoms with E-state index in [1.165, 1.54) is 12.1 Å². The average molecular weight is 364 g/mol. The van der Waals surface area contributed by atoms with Crippen LogP contribution in [-0.4, -0.2) is 13.4 Å². The molecule has 24 heavy (non-hydrogen) atoms. The van der Waals surface area contributed by atoms with Crippen molar-refractivity contribution in [3.63, 3.8) is 0 Å². The first-order valence-corrected chi connectivity index (χ1v) is 9.43. The Kier molecular flexibility index (Phi) is 4.59. The van der Waals surface area contributed by atoms with E-state index in [1.807, 2.05) is 37.3 Å². The predicted octanol–water partition coefficient (Wildman–Crippen LogP) is 4.16. The zero-order valence-corrected chi connectivity index (χ0v) is 14.3. The van der Waals surface area contributed by atoms with Crippen LogP contribution in [0.3, 0.4) is 0 Å². The second-order valence-corrected chi connectivity index (χ2v) is 7.65. The van der Waals surface area contributed by atoms with E-state index in [0.29, 0.717) is 23.1 Å². The SMILES string of the molecule is Cc1oc(-c2ccccc2)nc1COc1ccc(S(=O)(=O)Cl)cc1. The minimum Gasteiger partial charge on any atom is -0.487 e. The lowest BCUT2D eigenvalue weighted by atomic mass is 10.2. The summed E-state index contributed by atoms with van der Waals surface area (Å²) in [5, 5.41) is 0. The number of halogens is 1. The maximum atomic E-state index is 11.2. The molecule has 1 heterocycles. The summed E-state index contributed by atoms with van der Waals surface area (Å²) in [4.78, 5) is 4.47. The molecular formula is C17H14ClNO4S. The average Bonchev–Trinajstić information content (AvgIpc) is 2.94. The molecule has 0 saturated carbocycles. The van der Waals surface area contributed by atoms with Gasteiger partial charge in [0, 0.05) is 16.2 Å². The molecule has 124 valence electrons. The normalized spacial score (nSPS) is 11.4. The van der Waals surface area contributed by atoms with E-state index in [9.17, 15) is 8.42 Å². The third-order valence-corrected chi connectivity index (χ3v) is 4.76. The third kappa shape index (κ3) is 3.77. The predicted molar refractivity (Wildman–Crippen MR) is 90.5 cm³/mol. The number of rotatable bonds is 5. The molecule has 7 heteroatoms. The van der Waals surface area contributed by atoms with E-state index < -0.39 is 9.05 Å². The van der Waals surface area contributed by atoms with Crippen LogP contribution in [0, 0.1) is 6.92 Å². The van der Waals surface area contributed by atoms with Gasteiger partial charge in [-0.3, -0.25) is 0 Å². The maximum absolute atomic E-state index is 11.2. The summed E-state index contributed by atoms with van der Waals surface area (Å²) < 4.78 is 33.7. The van der Waals surface area contributed by atoms with Crippen LogP contribution in [0.4, 0.5) is 0 Å². The van der Waals surface area contributed by atoms with E-state index in [2.05, 4.69) is 4.98 Å². The van der Waals surface area contributed by atoms with E-state index in [4.69, 9.17) is 19.8 Å². The Bertz CT molecular complexity index is 934. The van der Waals surface area contributed by atoms with Crippen molar-refractivity contribution in [1.82, 2.24) is 4.98 Å². The Balaban J connectivity index is 1.72. The minimum atomic E-state index is -3.73. The summed E-state index contributed by atoms with van der Waals surface area (Å²) in [6, 6.07) is 15.5. The summed E-state index contributed by atoms with van der Waals surface area (Å²) in [7, 11) is 1.54. The fraction of sp³-hybridized carbons (Fsp3) is 0.118. The van der Waals surface area contributed by atoms with Crippen molar-refractivity contribution in [3.05, 3.63) is 66.1 Å². The molecule has 0 aliphatic carbocycles. The number of aromatic nitrogens is 1. The molecule has 0 atom stereocenters. The lowest BCUT2D eigenvalue weighted by molar-refractivity contribution is 0.299. The lowest BCUT2D eigenvalue weighted by Crippen LogP contribution is -1.98. The summed E-state index contributed by atoms with van der Waals surface area (Å²) in [5.41, 5.74) is 1.58. The van der Waals surface area contributed by atoms with Crippen LogP contribution in [0.25, 0.3) is 11.5 Å². The van der Waals surface area contributed by atoms with Crippen molar-refractivity contribution >= 4 is 19.7 Å². The number of benzene rings is 2. The van der Waals surface area contributed by atoms with Crippen molar-refractivity contribution < 1.29 is 17.6 Å².